The largest absolute Gasteiger partial charge is 0.394 e. The van der Waals surface area contributed by atoms with E-state index in [0.717, 1.165) is 22.9 Å². The van der Waals surface area contributed by atoms with Gasteiger partial charge in [-0.2, -0.15) is 0 Å². The van der Waals surface area contributed by atoms with Crippen LogP contribution in [0.5, 0.6) is 0 Å². The summed E-state index contributed by atoms with van der Waals surface area (Å²) in [5.41, 5.74) is 1.22. The van der Waals surface area contributed by atoms with Crippen LogP contribution in [0.1, 0.15) is 35.7 Å². The van der Waals surface area contributed by atoms with Crippen molar-refractivity contribution in [3.8, 4) is 0 Å². The molecule has 0 spiro atoms. The van der Waals surface area contributed by atoms with Gasteiger partial charge < -0.3 is 10.4 Å². The predicted octanol–water partition coefficient (Wildman–Crippen LogP) is 2.65. The highest BCUT2D eigenvalue weighted by atomic mass is 79.9. The van der Waals surface area contributed by atoms with Crippen molar-refractivity contribution < 1.29 is 9.90 Å². The van der Waals surface area contributed by atoms with Crippen LogP contribution < -0.4 is 5.32 Å². The minimum atomic E-state index is -0.499. The van der Waals surface area contributed by atoms with Crippen LogP contribution in [0.4, 0.5) is 0 Å². The molecule has 2 N–H and O–H groups in total. The first-order chi connectivity index (χ1) is 8.46. The standard InChI is InChI=1S/C14H18BrNO2/c1-9-3-6-11(12(15)7-9)13(18)16-14(2,8-17)10-4-5-10/h3,6-7,10,17H,4-5,8H2,1-2H3,(H,16,18). The maximum Gasteiger partial charge on any atom is 0.252 e. The van der Waals surface area contributed by atoms with E-state index >= 15 is 0 Å². The molecule has 1 atom stereocenters. The molecule has 0 aliphatic heterocycles. The minimum absolute atomic E-state index is 0.0209. The van der Waals surface area contributed by atoms with E-state index in [2.05, 4.69) is 21.2 Å². The first-order valence-corrected chi connectivity index (χ1v) is 6.95. The monoisotopic (exact) mass is 311 g/mol. The van der Waals surface area contributed by atoms with Crippen LogP contribution in [-0.2, 0) is 0 Å². The lowest BCUT2D eigenvalue weighted by Crippen LogP contribution is -2.50. The lowest BCUT2D eigenvalue weighted by Gasteiger charge is -2.29. The Kier molecular flexibility index (Phi) is 3.78. The number of nitrogens with one attached hydrogen (secondary N) is 1. The first kappa shape index (κ1) is 13.6. The van der Waals surface area contributed by atoms with Gasteiger partial charge in [-0.1, -0.05) is 6.07 Å². The Labute approximate surface area is 116 Å². The SMILES string of the molecule is Cc1ccc(C(=O)NC(C)(CO)C2CC2)c(Br)c1. The van der Waals surface area contributed by atoms with Gasteiger partial charge in [0, 0.05) is 4.47 Å². The Morgan fingerprint density at radius 1 is 1.56 bits per heavy atom. The van der Waals surface area contributed by atoms with Crippen LogP contribution >= 0.6 is 15.9 Å². The third kappa shape index (κ3) is 2.75. The van der Waals surface area contributed by atoms with Crippen LogP contribution in [0, 0.1) is 12.8 Å². The quantitative estimate of drug-likeness (QED) is 0.898. The van der Waals surface area contributed by atoms with E-state index in [-0.39, 0.29) is 12.5 Å². The highest BCUT2D eigenvalue weighted by Crippen LogP contribution is 2.39. The molecule has 98 valence electrons. The molecule has 4 heteroatoms. The van der Waals surface area contributed by atoms with Crippen molar-refractivity contribution in [3.05, 3.63) is 33.8 Å². The van der Waals surface area contributed by atoms with Crippen LogP contribution in [-0.4, -0.2) is 23.2 Å². The summed E-state index contributed by atoms with van der Waals surface area (Å²) in [4.78, 5) is 12.2. The molecule has 1 unspecified atom stereocenters. The number of aliphatic hydroxyl groups excluding tert-OH is 1. The van der Waals surface area contributed by atoms with Gasteiger partial charge in [0.15, 0.2) is 0 Å². The molecule has 1 saturated carbocycles. The molecule has 1 aliphatic rings. The van der Waals surface area contributed by atoms with Gasteiger partial charge in [-0.3, -0.25) is 4.79 Å². The molecular formula is C14H18BrNO2. The average Bonchev–Trinajstić information content (AvgIpc) is 3.12. The average molecular weight is 312 g/mol. The van der Waals surface area contributed by atoms with Gasteiger partial charge in [0.1, 0.15) is 0 Å². The van der Waals surface area contributed by atoms with Gasteiger partial charge in [-0.15, -0.1) is 0 Å². The van der Waals surface area contributed by atoms with Crippen molar-refractivity contribution in [2.24, 2.45) is 5.92 Å². The highest BCUT2D eigenvalue weighted by Gasteiger charge is 2.42. The first-order valence-electron chi connectivity index (χ1n) is 6.16. The van der Waals surface area contributed by atoms with Gasteiger partial charge in [-0.25, -0.2) is 0 Å². The van der Waals surface area contributed by atoms with Crippen molar-refractivity contribution in [1.29, 1.82) is 0 Å². The second-order valence-corrected chi connectivity index (χ2v) is 6.14. The van der Waals surface area contributed by atoms with Gasteiger partial charge in [0.05, 0.1) is 17.7 Å². The van der Waals surface area contributed by atoms with Gasteiger partial charge >= 0.3 is 0 Å². The summed E-state index contributed by atoms with van der Waals surface area (Å²) in [6, 6.07) is 5.63. The van der Waals surface area contributed by atoms with Crippen molar-refractivity contribution in [1.82, 2.24) is 5.32 Å². The lowest BCUT2D eigenvalue weighted by atomic mass is 9.96. The number of aliphatic hydroxyl groups is 1. The molecule has 1 aliphatic carbocycles. The number of amides is 1. The smallest absolute Gasteiger partial charge is 0.252 e. The molecule has 0 radical (unpaired) electrons. The number of rotatable bonds is 4. The minimum Gasteiger partial charge on any atom is -0.394 e. The summed E-state index contributed by atoms with van der Waals surface area (Å²) in [6.45, 7) is 3.87. The van der Waals surface area contributed by atoms with E-state index in [1.807, 2.05) is 26.0 Å². The maximum atomic E-state index is 12.2. The fourth-order valence-corrected chi connectivity index (χ4v) is 2.80. The second kappa shape index (κ2) is 5.02. The topological polar surface area (TPSA) is 49.3 Å². The molecule has 0 aromatic heterocycles. The molecule has 2 rings (SSSR count). The predicted molar refractivity (Wildman–Crippen MR) is 74.6 cm³/mol. The summed E-state index contributed by atoms with van der Waals surface area (Å²) in [7, 11) is 0. The number of carbonyl (C=O) groups excluding carboxylic acids is 1. The number of hydrogen-bond donors (Lipinski definition) is 2. The highest BCUT2D eigenvalue weighted by molar-refractivity contribution is 9.10. The molecule has 1 aromatic carbocycles. The van der Waals surface area contributed by atoms with Gasteiger partial charge in [0.2, 0.25) is 0 Å². The summed E-state index contributed by atoms with van der Waals surface area (Å²) in [5.74, 6) is 0.265. The Morgan fingerprint density at radius 3 is 2.72 bits per heavy atom. The summed E-state index contributed by atoms with van der Waals surface area (Å²) >= 11 is 3.41. The lowest BCUT2D eigenvalue weighted by molar-refractivity contribution is 0.0824. The zero-order valence-corrected chi connectivity index (χ0v) is 12.3. The van der Waals surface area contributed by atoms with E-state index < -0.39 is 5.54 Å². The second-order valence-electron chi connectivity index (χ2n) is 5.29. The molecule has 0 saturated heterocycles. The van der Waals surface area contributed by atoms with Crippen molar-refractivity contribution >= 4 is 21.8 Å². The number of aryl methyl sites for hydroxylation is 1. The molecule has 0 bridgehead atoms. The van der Waals surface area contributed by atoms with Crippen LogP contribution in [0.2, 0.25) is 0 Å². The zero-order valence-electron chi connectivity index (χ0n) is 10.7. The van der Waals surface area contributed by atoms with Crippen molar-refractivity contribution in [2.75, 3.05) is 6.61 Å². The summed E-state index contributed by atoms with van der Waals surface area (Å²) in [6.07, 6.45) is 2.15. The Bertz CT molecular complexity index is 471. The van der Waals surface area contributed by atoms with Gasteiger partial charge in [0.25, 0.3) is 5.91 Å². The normalized spacial score (nSPS) is 18.2. The zero-order chi connectivity index (χ0) is 13.3. The third-order valence-corrected chi connectivity index (χ3v) is 4.23. The Morgan fingerprint density at radius 2 is 2.22 bits per heavy atom. The summed E-state index contributed by atoms with van der Waals surface area (Å²) < 4.78 is 0.788. The van der Waals surface area contributed by atoms with Crippen LogP contribution in [0.25, 0.3) is 0 Å². The molecule has 18 heavy (non-hydrogen) atoms. The third-order valence-electron chi connectivity index (χ3n) is 3.58. The van der Waals surface area contributed by atoms with E-state index in [1.165, 1.54) is 0 Å². The van der Waals surface area contributed by atoms with Gasteiger partial charge in [-0.05, 0) is 66.2 Å². The Hall–Kier alpha value is -0.870. The fraction of sp³-hybridized carbons (Fsp3) is 0.500. The van der Waals surface area contributed by atoms with E-state index in [0.29, 0.717) is 11.5 Å². The molecular weight excluding hydrogens is 294 g/mol. The number of benzene rings is 1. The maximum absolute atomic E-state index is 12.2. The molecule has 0 heterocycles. The van der Waals surface area contributed by atoms with Crippen molar-refractivity contribution in [3.63, 3.8) is 0 Å². The molecule has 3 nitrogen and oxygen atoms in total. The Balaban J connectivity index is 2.16. The van der Waals surface area contributed by atoms with E-state index in [4.69, 9.17) is 0 Å². The fourth-order valence-electron chi connectivity index (χ4n) is 2.12. The van der Waals surface area contributed by atoms with Crippen LogP contribution in [0.3, 0.4) is 0 Å². The number of halogens is 1. The van der Waals surface area contributed by atoms with Crippen molar-refractivity contribution in [2.45, 2.75) is 32.2 Å². The van der Waals surface area contributed by atoms with E-state index in [1.54, 1.807) is 6.07 Å². The van der Waals surface area contributed by atoms with E-state index in [9.17, 15) is 9.90 Å². The number of carbonyl (C=O) groups is 1. The molecule has 1 fully saturated rings. The van der Waals surface area contributed by atoms with Crippen LogP contribution in [0.15, 0.2) is 22.7 Å². The molecule has 1 aromatic rings. The number of hydrogen-bond acceptors (Lipinski definition) is 2. The molecule has 1 amide bonds. The summed E-state index contributed by atoms with van der Waals surface area (Å²) in [5, 5.41) is 12.4.